The van der Waals surface area contributed by atoms with Crippen LogP contribution in [0.3, 0.4) is 0 Å². The molecule has 2 aliphatic heterocycles. The fourth-order valence-electron chi connectivity index (χ4n) is 4.64. The van der Waals surface area contributed by atoms with Crippen LogP contribution in [0.1, 0.15) is 50.9 Å². The Hall–Kier alpha value is -3.71. The van der Waals surface area contributed by atoms with Crippen molar-refractivity contribution in [2.75, 3.05) is 46.0 Å². The number of rotatable bonds is 6. The third kappa shape index (κ3) is 9.98. The average molecular weight is 589 g/mol. The van der Waals surface area contributed by atoms with E-state index >= 15 is 0 Å². The Morgan fingerprint density at radius 1 is 1.00 bits per heavy atom. The summed E-state index contributed by atoms with van der Waals surface area (Å²) < 4.78 is 11.2. The Labute approximate surface area is 246 Å². The summed E-state index contributed by atoms with van der Waals surface area (Å²) in [4.78, 5) is 67.6. The number of ether oxygens (including phenoxy) is 2. The molecule has 2 aliphatic rings. The van der Waals surface area contributed by atoms with Crippen LogP contribution < -0.4 is 31.3 Å². The van der Waals surface area contributed by atoms with E-state index in [4.69, 9.17) is 9.47 Å². The SMILES string of the molecule is CC(C)[C@H]1NC(=O)[C@H](C)NC(=O)C[C@@H](C(=O)NCCCN2CCOCC2)NC(=O)c2ccccc2OC[C@H](C)NC1=O. The molecule has 5 amide bonds. The molecule has 1 aromatic rings. The van der Waals surface area contributed by atoms with Crippen LogP contribution in [0.2, 0.25) is 0 Å². The number of amides is 5. The molecule has 13 heteroatoms. The number of fused-ring (bicyclic) bond motifs is 1. The van der Waals surface area contributed by atoms with Crippen LogP contribution in [0, 0.1) is 5.92 Å². The summed E-state index contributed by atoms with van der Waals surface area (Å²) in [6.07, 6.45) is 0.293. The number of para-hydroxylation sites is 1. The Morgan fingerprint density at radius 2 is 1.71 bits per heavy atom. The zero-order chi connectivity index (χ0) is 30.6. The van der Waals surface area contributed by atoms with E-state index in [1.54, 1.807) is 45.0 Å². The van der Waals surface area contributed by atoms with E-state index in [-0.39, 0.29) is 23.8 Å². The Morgan fingerprint density at radius 3 is 2.43 bits per heavy atom. The molecule has 0 aliphatic carbocycles. The van der Waals surface area contributed by atoms with Crippen molar-refractivity contribution in [1.82, 2.24) is 31.5 Å². The topological polar surface area (TPSA) is 167 Å². The lowest BCUT2D eigenvalue weighted by atomic mass is 10.0. The average Bonchev–Trinajstić information content (AvgIpc) is 2.96. The minimum Gasteiger partial charge on any atom is -0.491 e. The van der Waals surface area contributed by atoms with Crippen molar-refractivity contribution in [2.45, 2.75) is 64.7 Å². The second kappa shape index (κ2) is 16.1. The lowest BCUT2D eigenvalue weighted by molar-refractivity contribution is -0.133. The van der Waals surface area contributed by atoms with E-state index in [9.17, 15) is 24.0 Å². The number of carbonyl (C=O) groups is 5. The molecule has 1 saturated heterocycles. The second-order valence-corrected chi connectivity index (χ2v) is 11.1. The number of morpholine rings is 1. The highest BCUT2D eigenvalue weighted by atomic mass is 16.5. The van der Waals surface area contributed by atoms with Gasteiger partial charge in [0.2, 0.25) is 23.6 Å². The number of hydrogen-bond acceptors (Lipinski definition) is 8. The molecular formula is C29H44N6O7. The quantitative estimate of drug-likeness (QED) is 0.279. The number of hydrogen-bond donors (Lipinski definition) is 5. The van der Waals surface area contributed by atoms with Crippen LogP contribution in [0.15, 0.2) is 24.3 Å². The molecule has 2 heterocycles. The second-order valence-electron chi connectivity index (χ2n) is 11.1. The Bertz CT molecular complexity index is 1110. The van der Waals surface area contributed by atoms with E-state index in [1.165, 1.54) is 6.92 Å². The predicted molar refractivity (Wildman–Crippen MR) is 155 cm³/mol. The maximum absolute atomic E-state index is 13.3. The van der Waals surface area contributed by atoms with Gasteiger partial charge in [-0.2, -0.15) is 0 Å². The highest BCUT2D eigenvalue weighted by molar-refractivity contribution is 6.01. The lowest BCUT2D eigenvalue weighted by Crippen LogP contribution is -2.56. The zero-order valence-electron chi connectivity index (χ0n) is 24.9. The molecule has 1 aromatic carbocycles. The van der Waals surface area contributed by atoms with Crippen molar-refractivity contribution in [3.8, 4) is 5.75 Å². The number of benzene rings is 1. The molecule has 0 aromatic heterocycles. The molecule has 0 bridgehead atoms. The molecule has 3 rings (SSSR count). The van der Waals surface area contributed by atoms with Gasteiger partial charge in [-0.25, -0.2) is 0 Å². The highest BCUT2D eigenvalue weighted by Gasteiger charge is 2.30. The summed E-state index contributed by atoms with van der Waals surface area (Å²) in [7, 11) is 0. The van der Waals surface area contributed by atoms with Crippen molar-refractivity contribution in [2.24, 2.45) is 5.92 Å². The fourth-order valence-corrected chi connectivity index (χ4v) is 4.64. The van der Waals surface area contributed by atoms with E-state index < -0.39 is 60.1 Å². The van der Waals surface area contributed by atoms with Gasteiger partial charge in [-0.05, 0) is 44.9 Å². The normalized spacial score (nSPS) is 25.2. The van der Waals surface area contributed by atoms with Gasteiger partial charge in [0.15, 0.2) is 0 Å². The summed E-state index contributed by atoms with van der Waals surface area (Å²) in [5.74, 6) is -2.64. The third-order valence-corrected chi connectivity index (χ3v) is 7.09. The van der Waals surface area contributed by atoms with E-state index in [1.807, 2.05) is 0 Å². The third-order valence-electron chi connectivity index (χ3n) is 7.09. The van der Waals surface area contributed by atoms with E-state index in [0.29, 0.717) is 26.2 Å². The van der Waals surface area contributed by atoms with Crippen LogP contribution in [0.4, 0.5) is 0 Å². The first-order chi connectivity index (χ1) is 20.0. The molecule has 5 N–H and O–H groups in total. The van der Waals surface area contributed by atoms with E-state index in [0.717, 1.165) is 19.6 Å². The van der Waals surface area contributed by atoms with E-state index in [2.05, 4.69) is 31.5 Å². The van der Waals surface area contributed by atoms with Gasteiger partial charge in [0.1, 0.15) is 30.5 Å². The van der Waals surface area contributed by atoms with Gasteiger partial charge in [0, 0.05) is 19.6 Å². The maximum Gasteiger partial charge on any atom is 0.255 e. The van der Waals surface area contributed by atoms with Crippen molar-refractivity contribution in [3.63, 3.8) is 0 Å². The largest absolute Gasteiger partial charge is 0.491 e. The van der Waals surface area contributed by atoms with Crippen molar-refractivity contribution < 1.29 is 33.4 Å². The maximum atomic E-state index is 13.3. The van der Waals surface area contributed by atoms with Gasteiger partial charge in [0.05, 0.1) is 31.2 Å². The first-order valence-electron chi connectivity index (χ1n) is 14.6. The molecule has 0 spiro atoms. The van der Waals surface area contributed by atoms with Crippen LogP contribution in [0.25, 0.3) is 0 Å². The molecule has 42 heavy (non-hydrogen) atoms. The standard InChI is InChI=1S/C29H44N6O7/c1-18(2)25-29(40)31-19(3)17-42-23-9-6-5-8-21(23)27(38)33-22(16-24(36)32-20(4)26(37)34-25)28(39)30-10-7-11-35-12-14-41-15-13-35/h5-6,8-9,18-20,22,25H,7,10-17H2,1-4H3,(H,30,39)(H,31,40)(H,32,36)(H,33,38)(H,34,37)/t19-,20-,22-,25+/m0/s1. The summed E-state index contributed by atoms with van der Waals surface area (Å²) in [6.45, 7) is 11.1. The van der Waals surface area contributed by atoms with Crippen LogP contribution >= 0.6 is 0 Å². The smallest absolute Gasteiger partial charge is 0.255 e. The lowest BCUT2D eigenvalue weighted by Gasteiger charge is -2.26. The molecule has 0 unspecified atom stereocenters. The van der Waals surface area contributed by atoms with Gasteiger partial charge in [0.25, 0.3) is 5.91 Å². The molecule has 4 atom stereocenters. The minimum absolute atomic E-state index is 0.0539. The molecule has 13 nitrogen and oxygen atoms in total. The minimum atomic E-state index is -1.20. The molecule has 1 fully saturated rings. The molecule has 0 saturated carbocycles. The van der Waals surface area contributed by atoms with Crippen molar-refractivity contribution in [3.05, 3.63) is 29.8 Å². The Balaban J connectivity index is 1.78. The van der Waals surface area contributed by atoms with Gasteiger partial charge in [-0.3, -0.25) is 28.9 Å². The monoisotopic (exact) mass is 588 g/mol. The molecule has 0 radical (unpaired) electrons. The van der Waals surface area contributed by atoms with Gasteiger partial charge in [-0.1, -0.05) is 26.0 Å². The fraction of sp³-hybridized carbons (Fsp3) is 0.621. The first kappa shape index (κ1) is 32.8. The number of carbonyl (C=O) groups excluding carboxylic acids is 5. The van der Waals surface area contributed by atoms with Crippen LogP contribution in [-0.2, 0) is 23.9 Å². The number of nitrogens with zero attached hydrogens (tertiary/aromatic N) is 1. The summed E-state index contributed by atoms with van der Waals surface area (Å²) in [5, 5.41) is 13.6. The van der Waals surface area contributed by atoms with Crippen LogP contribution in [0.5, 0.6) is 5.75 Å². The summed E-state index contributed by atoms with van der Waals surface area (Å²) >= 11 is 0. The zero-order valence-corrected chi connectivity index (χ0v) is 24.9. The number of nitrogens with one attached hydrogen (secondary N) is 5. The van der Waals surface area contributed by atoms with Gasteiger partial charge in [-0.15, -0.1) is 0 Å². The van der Waals surface area contributed by atoms with Crippen molar-refractivity contribution in [1.29, 1.82) is 0 Å². The van der Waals surface area contributed by atoms with Gasteiger partial charge < -0.3 is 36.1 Å². The summed E-state index contributed by atoms with van der Waals surface area (Å²) in [6, 6.07) is 3.05. The van der Waals surface area contributed by atoms with Crippen LogP contribution in [-0.4, -0.2) is 105 Å². The predicted octanol–water partition coefficient (Wildman–Crippen LogP) is -0.444. The molecule has 232 valence electrons. The van der Waals surface area contributed by atoms with Crippen molar-refractivity contribution >= 4 is 29.5 Å². The highest BCUT2D eigenvalue weighted by Crippen LogP contribution is 2.19. The van der Waals surface area contributed by atoms with Gasteiger partial charge >= 0.3 is 0 Å². The molecular weight excluding hydrogens is 544 g/mol. The Kier molecular flexibility index (Phi) is 12.5. The summed E-state index contributed by atoms with van der Waals surface area (Å²) in [5.41, 5.74) is 0.177. The first-order valence-corrected chi connectivity index (χ1v) is 14.6.